The molecule has 0 aromatic carbocycles. The molecule has 0 heterocycles. The van der Waals surface area contributed by atoms with Gasteiger partial charge in [-0.1, -0.05) is 97.0 Å². The van der Waals surface area contributed by atoms with Crippen molar-refractivity contribution < 1.29 is 5.11 Å². The second-order valence-corrected chi connectivity index (χ2v) is 6.96. The summed E-state index contributed by atoms with van der Waals surface area (Å²) in [5.74, 6) is 0.964. The van der Waals surface area contributed by atoms with Crippen molar-refractivity contribution >= 4 is 0 Å². The Morgan fingerprint density at radius 1 is 0.727 bits per heavy atom. The highest BCUT2D eigenvalue weighted by Gasteiger charge is 2.17. The third kappa shape index (κ3) is 12.3. The van der Waals surface area contributed by atoms with E-state index < -0.39 is 0 Å². The maximum atomic E-state index is 9.69. The van der Waals surface area contributed by atoms with E-state index >= 15 is 0 Å². The lowest BCUT2D eigenvalue weighted by Crippen LogP contribution is -2.17. The summed E-state index contributed by atoms with van der Waals surface area (Å²) in [5.41, 5.74) is 0. The summed E-state index contributed by atoms with van der Waals surface area (Å²) in [6.07, 6.45) is 20.6. The van der Waals surface area contributed by atoms with Crippen LogP contribution >= 0.6 is 0 Å². The van der Waals surface area contributed by atoms with Gasteiger partial charge in [-0.05, 0) is 24.7 Å². The third-order valence-electron chi connectivity index (χ3n) is 4.96. The van der Waals surface area contributed by atoms with Gasteiger partial charge in [0.15, 0.2) is 0 Å². The molecule has 0 spiro atoms. The number of aliphatic hydroxyl groups excluding tert-OH is 1. The Morgan fingerprint density at radius 2 is 1.18 bits per heavy atom. The van der Waals surface area contributed by atoms with Gasteiger partial charge in [-0.2, -0.15) is 0 Å². The van der Waals surface area contributed by atoms with E-state index in [1.807, 2.05) is 0 Å². The van der Waals surface area contributed by atoms with Gasteiger partial charge in [-0.25, -0.2) is 0 Å². The number of unbranched alkanes of at least 4 members (excludes halogenated alkanes) is 10. The molecule has 0 saturated heterocycles. The largest absolute Gasteiger partial charge is 0.396 e. The molecule has 0 bridgehead atoms. The highest BCUT2D eigenvalue weighted by Crippen LogP contribution is 2.25. The van der Waals surface area contributed by atoms with Crippen molar-refractivity contribution in [3.63, 3.8) is 0 Å². The maximum absolute atomic E-state index is 9.69. The van der Waals surface area contributed by atoms with Gasteiger partial charge in [0.2, 0.25) is 0 Å². The van der Waals surface area contributed by atoms with Gasteiger partial charge in [-0.3, -0.25) is 0 Å². The average molecular weight is 311 g/mol. The quantitative estimate of drug-likeness (QED) is 0.229. The highest BCUT2D eigenvalue weighted by molar-refractivity contribution is 4.84. The van der Waals surface area contributed by atoms with Crippen molar-refractivity contribution in [3.05, 3.63) is 12.7 Å². The summed E-state index contributed by atoms with van der Waals surface area (Å²) in [7, 11) is 0. The molecule has 2 atom stereocenters. The van der Waals surface area contributed by atoms with E-state index in [9.17, 15) is 5.11 Å². The number of hydrogen-bond donors (Lipinski definition) is 1. The van der Waals surface area contributed by atoms with Crippen LogP contribution < -0.4 is 0 Å². The zero-order chi connectivity index (χ0) is 16.5. The van der Waals surface area contributed by atoms with Gasteiger partial charge in [0.1, 0.15) is 0 Å². The van der Waals surface area contributed by atoms with E-state index in [1.54, 1.807) is 0 Å². The van der Waals surface area contributed by atoms with Gasteiger partial charge < -0.3 is 5.11 Å². The van der Waals surface area contributed by atoms with Crippen LogP contribution in [0, 0.1) is 11.8 Å². The number of aliphatic hydroxyl groups is 1. The minimum Gasteiger partial charge on any atom is -0.396 e. The van der Waals surface area contributed by atoms with Crippen molar-refractivity contribution in [2.24, 2.45) is 11.8 Å². The fourth-order valence-corrected chi connectivity index (χ4v) is 3.33. The molecule has 0 aliphatic rings. The first kappa shape index (κ1) is 21.7. The number of rotatable bonds is 17. The molecule has 0 aliphatic heterocycles. The lowest BCUT2D eigenvalue weighted by atomic mass is 9.84. The van der Waals surface area contributed by atoms with Crippen molar-refractivity contribution in [1.29, 1.82) is 0 Å². The summed E-state index contributed by atoms with van der Waals surface area (Å²) < 4.78 is 0. The zero-order valence-corrected chi connectivity index (χ0v) is 15.5. The van der Waals surface area contributed by atoms with Gasteiger partial charge >= 0.3 is 0 Å². The Hall–Kier alpha value is -0.300. The minimum atomic E-state index is 0.335. The summed E-state index contributed by atoms with van der Waals surface area (Å²) in [4.78, 5) is 0. The predicted octanol–water partition coefficient (Wildman–Crippen LogP) is 6.90. The van der Waals surface area contributed by atoms with Crippen LogP contribution in [0.2, 0.25) is 0 Å². The number of allylic oxidation sites excluding steroid dienone is 1. The molecule has 0 fully saturated rings. The maximum Gasteiger partial charge on any atom is 0.0464 e. The molecule has 0 amide bonds. The predicted molar refractivity (Wildman–Crippen MR) is 100 cm³/mol. The molecule has 22 heavy (non-hydrogen) atoms. The molecule has 2 unspecified atom stereocenters. The van der Waals surface area contributed by atoms with Crippen LogP contribution in [-0.2, 0) is 0 Å². The van der Waals surface area contributed by atoms with Gasteiger partial charge in [-0.15, -0.1) is 6.58 Å². The van der Waals surface area contributed by atoms with Crippen LogP contribution in [0.4, 0.5) is 0 Å². The standard InChI is InChI=1S/C21H42O/c1-4-7-9-11-13-15-17-20(6-3)21(19-22)18-16-14-12-10-8-5-2/h6,20-22H,3-5,7-19H2,1-2H3. The normalized spacial score (nSPS) is 14.0. The molecule has 0 aliphatic carbocycles. The SMILES string of the molecule is C=CC(CCCCCCCC)C(CO)CCCCCCCC. The summed E-state index contributed by atoms with van der Waals surface area (Å²) >= 11 is 0. The Morgan fingerprint density at radius 3 is 1.64 bits per heavy atom. The zero-order valence-electron chi connectivity index (χ0n) is 15.5. The van der Waals surface area contributed by atoms with E-state index in [-0.39, 0.29) is 0 Å². The van der Waals surface area contributed by atoms with Crippen molar-refractivity contribution in [2.45, 2.75) is 104 Å². The first-order valence-electron chi connectivity index (χ1n) is 10.0. The topological polar surface area (TPSA) is 20.2 Å². The van der Waals surface area contributed by atoms with Crippen molar-refractivity contribution in [2.75, 3.05) is 6.61 Å². The monoisotopic (exact) mass is 310 g/mol. The van der Waals surface area contributed by atoms with Crippen LogP contribution in [0.15, 0.2) is 12.7 Å². The summed E-state index contributed by atoms with van der Waals surface area (Å²) in [5, 5.41) is 9.69. The summed E-state index contributed by atoms with van der Waals surface area (Å²) in [6, 6.07) is 0. The summed E-state index contributed by atoms with van der Waals surface area (Å²) in [6.45, 7) is 8.88. The molecule has 132 valence electrons. The van der Waals surface area contributed by atoms with Crippen LogP contribution in [0.25, 0.3) is 0 Å². The first-order valence-corrected chi connectivity index (χ1v) is 10.0. The Kier molecular flexibility index (Phi) is 16.8. The second kappa shape index (κ2) is 17.1. The molecular weight excluding hydrogens is 268 g/mol. The highest BCUT2D eigenvalue weighted by atomic mass is 16.3. The molecular formula is C21H42O. The van der Waals surface area contributed by atoms with E-state index in [4.69, 9.17) is 0 Å². The first-order chi connectivity index (χ1) is 10.8. The van der Waals surface area contributed by atoms with Crippen LogP contribution in [0.1, 0.15) is 104 Å². The molecule has 1 heteroatoms. The van der Waals surface area contributed by atoms with Gasteiger partial charge in [0.05, 0.1) is 0 Å². The minimum absolute atomic E-state index is 0.335. The lowest BCUT2D eigenvalue weighted by molar-refractivity contribution is 0.176. The molecule has 1 nitrogen and oxygen atoms in total. The fourth-order valence-electron chi connectivity index (χ4n) is 3.33. The Labute approximate surface area is 140 Å². The fraction of sp³-hybridized carbons (Fsp3) is 0.905. The average Bonchev–Trinajstić information content (AvgIpc) is 2.54. The van der Waals surface area contributed by atoms with E-state index in [0.717, 1.165) is 0 Å². The Balaban J connectivity index is 3.77. The van der Waals surface area contributed by atoms with Crippen LogP contribution in [0.5, 0.6) is 0 Å². The van der Waals surface area contributed by atoms with Crippen LogP contribution in [-0.4, -0.2) is 11.7 Å². The molecule has 0 rings (SSSR count). The van der Waals surface area contributed by atoms with E-state index in [2.05, 4.69) is 26.5 Å². The molecule has 0 aromatic heterocycles. The van der Waals surface area contributed by atoms with Gasteiger partial charge in [0, 0.05) is 6.61 Å². The van der Waals surface area contributed by atoms with Crippen molar-refractivity contribution in [1.82, 2.24) is 0 Å². The van der Waals surface area contributed by atoms with Crippen LogP contribution in [0.3, 0.4) is 0 Å². The lowest BCUT2D eigenvalue weighted by Gasteiger charge is -2.23. The van der Waals surface area contributed by atoms with E-state index in [0.29, 0.717) is 18.4 Å². The van der Waals surface area contributed by atoms with Crippen molar-refractivity contribution in [3.8, 4) is 0 Å². The van der Waals surface area contributed by atoms with Gasteiger partial charge in [0.25, 0.3) is 0 Å². The molecule has 0 radical (unpaired) electrons. The molecule has 1 N–H and O–H groups in total. The van der Waals surface area contributed by atoms with E-state index in [1.165, 1.54) is 89.9 Å². The smallest absolute Gasteiger partial charge is 0.0464 e. The second-order valence-electron chi connectivity index (χ2n) is 6.96. The number of hydrogen-bond acceptors (Lipinski definition) is 1. The molecule has 0 aromatic rings. The Bertz CT molecular complexity index is 224. The molecule has 0 saturated carbocycles. The third-order valence-corrected chi connectivity index (χ3v) is 4.96.